The van der Waals surface area contributed by atoms with Gasteiger partial charge in [0.05, 0.1) is 10.9 Å². The van der Waals surface area contributed by atoms with Gasteiger partial charge in [0, 0.05) is 11.3 Å². The third kappa shape index (κ3) is 4.74. The highest BCUT2D eigenvalue weighted by Crippen LogP contribution is 2.17. The largest absolute Gasteiger partial charge is 0.346 e. The van der Waals surface area contributed by atoms with Crippen molar-refractivity contribution in [2.45, 2.75) is 17.9 Å². The third-order valence-corrected chi connectivity index (χ3v) is 5.50. The molecule has 0 aliphatic heterocycles. The van der Waals surface area contributed by atoms with Gasteiger partial charge in [-0.05, 0) is 48.9 Å². The van der Waals surface area contributed by atoms with E-state index < -0.39 is 10.0 Å². The molecule has 0 fully saturated rings. The van der Waals surface area contributed by atoms with Gasteiger partial charge in [-0.15, -0.1) is 0 Å². The summed E-state index contributed by atoms with van der Waals surface area (Å²) in [7, 11) is -3.70. The number of carbonyl (C=O) groups is 1. The fourth-order valence-electron chi connectivity index (χ4n) is 2.61. The van der Waals surface area contributed by atoms with Crippen molar-refractivity contribution < 1.29 is 13.2 Å². The number of hydrogen-bond acceptors (Lipinski definition) is 3. The highest BCUT2D eigenvalue weighted by Gasteiger charge is 2.16. The molecule has 2 N–H and O–H groups in total. The van der Waals surface area contributed by atoms with Crippen LogP contribution in [0.1, 0.15) is 28.9 Å². The smallest absolute Gasteiger partial charge is 0.261 e. The van der Waals surface area contributed by atoms with Crippen LogP contribution in [0, 0.1) is 0 Å². The molecule has 0 spiro atoms. The number of rotatable bonds is 6. The second kappa shape index (κ2) is 8.05. The normalized spacial score (nSPS) is 12.2. The Balaban J connectivity index is 1.70. The molecule has 3 rings (SSSR count). The Hall–Kier alpha value is -3.12. The van der Waals surface area contributed by atoms with Crippen LogP contribution in [-0.4, -0.2) is 14.3 Å². The van der Waals surface area contributed by atoms with E-state index in [0.29, 0.717) is 11.3 Å². The summed E-state index contributed by atoms with van der Waals surface area (Å²) in [4.78, 5) is 12.5. The molecule has 5 nitrogen and oxygen atoms in total. The predicted octanol–water partition coefficient (Wildman–Crippen LogP) is 3.98. The number of benzene rings is 3. The van der Waals surface area contributed by atoms with Gasteiger partial charge in [-0.25, -0.2) is 8.42 Å². The second-order valence-corrected chi connectivity index (χ2v) is 7.78. The minimum absolute atomic E-state index is 0.0963. The first-order chi connectivity index (χ1) is 13.0. The molecule has 0 aliphatic rings. The maximum absolute atomic E-state index is 12.4. The summed E-state index contributed by atoms with van der Waals surface area (Å²) in [6.45, 7) is 1.90. The van der Waals surface area contributed by atoms with Crippen LogP contribution < -0.4 is 10.0 Å². The van der Waals surface area contributed by atoms with Crippen molar-refractivity contribution in [2.75, 3.05) is 4.72 Å². The van der Waals surface area contributed by atoms with Crippen LogP contribution in [0.4, 0.5) is 5.69 Å². The van der Waals surface area contributed by atoms with E-state index in [-0.39, 0.29) is 16.8 Å². The molecule has 3 aromatic rings. The number of hydrogen-bond donors (Lipinski definition) is 2. The summed E-state index contributed by atoms with van der Waals surface area (Å²) in [6.07, 6.45) is 0. The molecule has 0 bridgehead atoms. The van der Waals surface area contributed by atoms with Gasteiger partial charge < -0.3 is 5.32 Å². The van der Waals surface area contributed by atoms with Gasteiger partial charge in [0.2, 0.25) is 0 Å². The summed E-state index contributed by atoms with van der Waals surface area (Å²) in [6, 6.07) is 24.0. The van der Waals surface area contributed by atoms with Crippen molar-refractivity contribution >= 4 is 21.6 Å². The number of para-hydroxylation sites is 1. The van der Waals surface area contributed by atoms with Crippen molar-refractivity contribution in [1.29, 1.82) is 0 Å². The zero-order chi connectivity index (χ0) is 19.3. The fraction of sp³-hybridized carbons (Fsp3) is 0.0952. The lowest BCUT2D eigenvalue weighted by atomic mass is 10.1. The van der Waals surface area contributed by atoms with E-state index in [4.69, 9.17) is 0 Å². The minimum Gasteiger partial charge on any atom is -0.346 e. The molecule has 0 radical (unpaired) electrons. The van der Waals surface area contributed by atoms with Gasteiger partial charge in [0.15, 0.2) is 0 Å². The molecule has 3 aromatic carbocycles. The Bertz CT molecular complexity index is 1000. The van der Waals surface area contributed by atoms with Gasteiger partial charge in [-0.1, -0.05) is 48.5 Å². The van der Waals surface area contributed by atoms with Gasteiger partial charge in [-0.3, -0.25) is 9.52 Å². The highest BCUT2D eigenvalue weighted by molar-refractivity contribution is 7.92. The summed E-state index contributed by atoms with van der Waals surface area (Å²) in [5.74, 6) is -0.258. The quantitative estimate of drug-likeness (QED) is 0.679. The monoisotopic (exact) mass is 380 g/mol. The Morgan fingerprint density at radius 1 is 0.815 bits per heavy atom. The van der Waals surface area contributed by atoms with Gasteiger partial charge in [-0.2, -0.15) is 0 Å². The minimum atomic E-state index is -3.70. The lowest BCUT2D eigenvalue weighted by molar-refractivity contribution is 0.0940. The molecule has 6 heteroatoms. The molecular formula is C21H20N2O3S. The Morgan fingerprint density at radius 3 is 1.96 bits per heavy atom. The lowest BCUT2D eigenvalue weighted by Crippen LogP contribution is -2.26. The number of carbonyl (C=O) groups excluding carboxylic acids is 1. The molecule has 1 amide bonds. The summed E-state index contributed by atoms with van der Waals surface area (Å²) in [5, 5.41) is 2.91. The maximum Gasteiger partial charge on any atom is 0.261 e. The van der Waals surface area contributed by atoms with Crippen LogP contribution in [0.2, 0.25) is 0 Å². The molecule has 0 saturated heterocycles. The molecule has 138 valence electrons. The third-order valence-electron chi connectivity index (χ3n) is 4.10. The predicted molar refractivity (Wildman–Crippen MR) is 106 cm³/mol. The van der Waals surface area contributed by atoms with Crippen LogP contribution in [0.15, 0.2) is 89.8 Å². The first-order valence-electron chi connectivity index (χ1n) is 8.49. The average molecular weight is 380 g/mol. The number of nitrogens with one attached hydrogen (secondary N) is 2. The van der Waals surface area contributed by atoms with E-state index in [2.05, 4.69) is 10.0 Å². The van der Waals surface area contributed by atoms with Crippen LogP contribution in [0.3, 0.4) is 0 Å². The Morgan fingerprint density at radius 2 is 1.37 bits per heavy atom. The van der Waals surface area contributed by atoms with Gasteiger partial charge >= 0.3 is 0 Å². The van der Waals surface area contributed by atoms with Crippen LogP contribution >= 0.6 is 0 Å². The lowest BCUT2D eigenvalue weighted by Gasteiger charge is -2.14. The van der Waals surface area contributed by atoms with Crippen molar-refractivity contribution in [3.63, 3.8) is 0 Å². The topological polar surface area (TPSA) is 75.3 Å². The standard InChI is InChI=1S/C21H20N2O3S/c1-16(17-8-4-2-5-9-17)22-21(24)18-12-14-20(15-13-18)27(25,26)23-19-10-6-3-7-11-19/h2-16,23H,1H3,(H,22,24). The average Bonchev–Trinajstić information content (AvgIpc) is 2.69. The summed E-state index contributed by atoms with van der Waals surface area (Å²) >= 11 is 0. The van der Waals surface area contributed by atoms with Gasteiger partial charge in [0.25, 0.3) is 15.9 Å². The van der Waals surface area contributed by atoms with Crippen LogP contribution in [-0.2, 0) is 10.0 Å². The van der Waals surface area contributed by atoms with Crippen LogP contribution in [0.5, 0.6) is 0 Å². The molecule has 1 atom stereocenters. The molecule has 0 aliphatic carbocycles. The Kier molecular flexibility index (Phi) is 5.57. The summed E-state index contributed by atoms with van der Waals surface area (Å²) in [5.41, 5.74) is 1.88. The molecule has 0 heterocycles. The van der Waals surface area contributed by atoms with Crippen molar-refractivity contribution in [3.8, 4) is 0 Å². The fourth-order valence-corrected chi connectivity index (χ4v) is 3.67. The Labute approximate surface area is 159 Å². The van der Waals surface area contributed by atoms with E-state index in [1.54, 1.807) is 24.3 Å². The SMILES string of the molecule is CC(NC(=O)c1ccc(S(=O)(=O)Nc2ccccc2)cc1)c1ccccc1. The first kappa shape index (κ1) is 18.7. The second-order valence-electron chi connectivity index (χ2n) is 6.10. The zero-order valence-electron chi connectivity index (χ0n) is 14.8. The van der Waals surface area contributed by atoms with E-state index in [9.17, 15) is 13.2 Å². The van der Waals surface area contributed by atoms with E-state index >= 15 is 0 Å². The van der Waals surface area contributed by atoms with Crippen molar-refractivity contribution in [3.05, 3.63) is 96.1 Å². The van der Waals surface area contributed by atoms with Gasteiger partial charge in [0.1, 0.15) is 0 Å². The highest BCUT2D eigenvalue weighted by atomic mass is 32.2. The number of sulfonamides is 1. The molecule has 27 heavy (non-hydrogen) atoms. The van der Waals surface area contributed by atoms with Crippen molar-refractivity contribution in [1.82, 2.24) is 5.32 Å². The zero-order valence-corrected chi connectivity index (χ0v) is 15.6. The van der Waals surface area contributed by atoms with E-state index in [1.165, 1.54) is 24.3 Å². The van der Waals surface area contributed by atoms with Crippen molar-refractivity contribution in [2.24, 2.45) is 0 Å². The number of anilines is 1. The molecule has 1 unspecified atom stereocenters. The maximum atomic E-state index is 12.4. The van der Waals surface area contributed by atoms with Crippen LogP contribution in [0.25, 0.3) is 0 Å². The van der Waals surface area contributed by atoms with E-state index in [1.807, 2.05) is 43.3 Å². The first-order valence-corrected chi connectivity index (χ1v) is 9.98. The number of amides is 1. The molecule has 0 saturated carbocycles. The van der Waals surface area contributed by atoms with E-state index in [0.717, 1.165) is 5.56 Å². The molecule has 0 aromatic heterocycles. The summed E-state index contributed by atoms with van der Waals surface area (Å²) < 4.78 is 27.4. The molecular weight excluding hydrogens is 360 g/mol.